The largest absolute Gasteiger partial charge is 0.309 e. The van der Waals surface area contributed by atoms with Crippen LogP contribution in [0.2, 0.25) is 0 Å². The topological polar surface area (TPSA) is 65.4 Å². The first-order valence-corrected chi connectivity index (χ1v) is 11.3. The van der Waals surface area contributed by atoms with Crippen LogP contribution in [0.1, 0.15) is 11.1 Å². The summed E-state index contributed by atoms with van der Waals surface area (Å²) in [5.41, 5.74) is 8.48. The van der Waals surface area contributed by atoms with Gasteiger partial charge in [0.15, 0.2) is 0 Å². The Morgan fingerprint density at radius 2 is 1.34 bits per heavy atom. The molecule has 0 N–H and O–H groups in total. The van der Waals surface area contributed by atoms with E-state index in [1.807, 2.05) is 54.6 Å². The van der Waals surface area contributed by atoms with Crippen molar-refractivity contribution in [2.45, 2.75) is 0 Å². The number of hydrogen-bond donors (Lipinski definition) is 0. The minimum absolute atomic E-state index is 0.629. The molecule has 0 bridgehead atoms. The molecule has 35 heavy (non-hydrogen) atoms. The molecule has 162 valence electrons. The van der Waals surface area contributed by atoms with Crippen LogP contribution in [0.25, 0.3) is 49.7 Å². The van der Waals surface area contributed by atoms with E-state index in [2.05, 4.69) is 64.2 Å². The number of aromatic nitrogens is 2. The summed E-state index contributed by atoms with van der Waals surface area (Å²) in [5, 5.41) is 21.2. The van der Waals surface area contributed by atoms with E-state index in [4.69, 9.17) is 5.26 Å². The third-order valence-corrected chi connectivity index (χ3v) is 6.39. The standard InChI is InChI=1S/C31H18N4/c32-19-21-5-7-22(8-6-21)24-10-12-31-29(17-24)27-3-1-2-4-30(27)35(31)26-11-9-25(20-33)28(18-26)23-13-15-34-16-14-23/h1-18H. The van der Waals surface area contributed by atoms with Crippen LogP contribution in [-0.2, 0) is 0 Å². The summed E-state index contributed by atoms with van der Waals surface area (Å²) in [4.78, 5) is 4.12. The molecule has 4 aromatic carbocycles. The van der Waals surface area contributed by atoms with E-state index in [-0.39, 0.29) is 0 Å². The predicted molar refractivity (Wildman–Crippen MR) is 139 cm³/mol. The number of nitriles is 2. The zero-order chi connectivity index (χ0) is 23.8. The highest BCUT2D eigenvalue weighted by Crippen LogP contribution is 2.36. The van der Waals surface area contributed by atoms with Crippen LogP contribution in [0.5, 0.6) is 0 Å². The number of benzene rings is 4. The van der Waals surface area contributed by atoms with Crippen molar-refractivity contribution in [1.29, 1.82) is 10.5 Å². The molecule has 0 aliphatic heterocycles. The molecule has 6 rings (SSSR count). The van der Waals surface area contributed by atoms with Crippen molar-refractivity contribution in [3.05, 3.63) is 121 Å². The molecule has 0 spiro atoms. The van der Waals surface area contributed by atoms with Crippen LogP contribution in [0.4, 0.5) is 0 Å². The Morgan fingerprint density at radius 1 is 0.600 bits per heavy atom. The number of hydrogen-bond acceptors (Lipinski definition) is 3. The van der Waals surface area contributed by atoms with Crippen molar-refractivity contribution in [3.63, 3.8) is 0 Å². The van der Waals surface area contributed by atoms with Gasteiger partial charge in [0.05, 0.1) is 34.3 Å². The third kappa shape index (κ3) is 3.42. The van der Waals surface area contributed by atoms with Gasteiger partial charge in [0, 0.05) is 34.4 Å². The van der Waals surface area contributed by atoms with Crippen LogP contribution < -0.4 is 0 Å². The van der Waals surface area contributed by atoms with Gasteiger partial charge in [0.25, 0.3) is 0 Å². The zero-order valence-electron chi connectivity index (χ0n) is 18.7. The van der Waals surface area contributed by atoms with E-state index >= 15 is 0 Å². The quantitative estimate of drug-likeness (QED) is 0.287. The molecule has 4 nitrogen and oxygen atoms in total. The third-order valence-electron chi connectivity index (χ3n) is 6.39. The van der Waals surface area contributed by atoms with Crippen molar-refractivity contribution in [2.75, 3.05) is 0 Å². The number of pyridine rings is 1. The summed E-state index contributed by atoms with van der Waals surface area (Å²) in [5.74, 6) is 0. The molecule has 0 amide bonds. The summed E-state index contributed by atoms with van der Waals surface area (Å²) in [6.07, 6.45) is 3.49. The predicted octanol–water partition coefficient (Wildman–Crippen LogP) is 7.26. The van der Waals surface area contributed by atoms with Crippen molar-refractivity contribution in [3.8, 4) is 40.1 Å². The van der Waals surface area contributed by atoms with Crippen LogP contribution in [-0.4, -0.2) is 9.55 Å². The van der Waals surface area contributed by atoms with Crippen molar-refractivity contribution >= 4 is 21.8 Å². The summed E-state index contributed by atoms with van der Waals surface area (Å²) in [7, 11) is 0. The van der Waals surface area contributed by atoms with Crippen LogP contribution in [0, 0.1) is 22.7 Å². The lowest BCUT2D eigenvalue weighted by atomic mass is 10.0. The second-order valence-electron chi connectivity index (χ2n) is 8.35. The summed E-state index contributed by atoms with van der Waals surface area (Å²) in [6, 6.07) is 36.8. The van der Waals surface area contributed by atoms with Gasteiger partial charge < -0.3 is 4.57 Å². The van der Waals surface area contributed by atoms with Crippen molar-refractivity contribution < 1.29 is 0 Å². The number of nitrogens with zero attached hydrogens (tertiary/aromatic N) is 4. The Kier molecular flexibility index (Phi) is 4.84. The van der Waals surface area contributed by atoms with Crippen molar-refractivity contribution in [1.82, 2.24) is 9.55 Å². The molecule has 0 atom stereocenters. The fourth-order valence-corrected chi connectivity index (χ4v) is 4.71. The zero-order valence-corrected chi connectivity index (χ0v) is 18.7. The molecule has 2 heterocycles. The van der Waals surface area contributed by atoms with E-state index < -0.39 is 0 Å². The van der Waals surface area contributed by atoms with Crippen molar-refractivity contribution in [2.24, 2.45) is 0 Å². The Labute approximate surface area is 202 Å². The van der Waals surface area contributed by atoms with E-state index in [9.17, 15) is 5.26 Å². The Balaban J connectivity index is 1.59. The molecule has 0 radical (unpaired) electrons. The fourth-order valence-electron chi connectivity index (χ4n) is 4.71. The number of fused-ring (bicyclic) bond motifs is 3. The highest BCUT2D eigenvalue weighted by molar-refractivity contribution is 6.10. The lowest BCUT2D eigenvalue weighted by molar-refractivity contribution is 1.18. The highest BCUT2D eigenvalue weighted by atomic mass is 15.0. The summed E-state index contributed by atoms with van der Waals surface area (Å²) in [6.45, 7) is 0. The van der Waals surface area contributed by atoms with E-state index in [0.29, 0.717) is 11.1 Å². The molecule has 0 saturated carbocycles. The van der Waals surface area contributed by atoms with Crippen LogP contribution in [0.15, 0.2) is 109 Å². The molecular formula is C31H18N4. The minimum Gasteiger partial charge on any atom is -0.309 e. The van der Waals surface area contributed by atoms with Gasteiger partial charge in [-0.1, -0.05) is 36.4 Å². The SMILES string of the molecule is N#Cc1ccc(-c2ccc3c(c2)c2ccccc2n3-c2ccc(C#N)c(-c3ccncc3)c2)cc1. The monoisotopic (exact) mass is 446 g/mol. The summed E-state index contributed by atoms with van der Waals surface area (Å²) >= 11 is 0. The molecule has 0 unspecified atom stereocenters. The fraction of sp³-hybridized carbons (Fsp3) is 0. The van der Waals surface area contributed by atoms with Gasteiger partial charge in [-0.2, -0.15) is 10.5 Å². The maximum absolute atomic E-state index is 9.73. The maximum Gasteiger partial charge on any atom is 0.0998 e. The maximum atomic E-state index is 9.73. The van der Waals surface area contributed by atoms with Gasteiger partial charge in [-0.15, -0.1) is 0 Å². The van der Waals surface area contributed by atoms with Gasteiger partial charge in [-0.05, 0) is 77.4 Å². The molecule has 0 aliphatic carbocycles. The first-order chi connectivity index (χ1) is 17.3. The molecule has 0 fully saturated rings. The minimum atomic E-state index is 0.629. The lowest BCUT2D eigenvalue weighted by Crippen LogP contribution is -1.96. The number of para-hydroxylation sites is 1. The van der Waals surface area contributed by atoms with Gasteiger partial charge >= 0.3 is 0 Å². The lowest BCUT2D eigenvalue weighted by Gasteiger charge is -2.12. The molecule has 4 heteroatoms. The average Bonchev–Trinajstić information content (AvgIpc) is 3.27. The van der Waals surface area contributed by atoms with Gasteiger partial charge in [-0.25, -0.2) is 0 Å². The first kappa shape index (κ1) is 20.4. The van der Waals surface area contributed by atoms with Gasteiger partial charge in [0.1, 0.15) is 0 Å². The Bertz CT molecular complexity index is 1800. The first-order valence-electron chi connectivity index (χ1n) is 11.3. The molecule has 0 saturated heterocycles. The number of rotatable bonds is 3. The highest BCUT2D eigenvalue weighted by Gasteiger charge is 2.15. The summed E-state index contributed by atoms with van der Waals surface area (Å²) < 4.78 is 2.25. The van der Waals surface area contributed by atoms with Gasteiger partial charge in [-0.3, -0.25) is 4.98 Å². The molecular weight excluding hydrogens is 428 g/mol. The van der Waals surface area contributed by atoms with E-state index in [1.54, 1.807) is 12.4 Å². The van der Waals surface area contributed by atoms with E-state index in [0.717, 1.165) is 49.7 Å². The molecule has 6 aromatic rings. The van der Waals surface area contributed by atoms with Gasteiger partial charge in [0.2, 0.25) is 0 Å². The van der Waals surface area contributed by atoms with E-state index in [1.165, 1.54) is 0 Å². The normalized spacial score (nSPS) is 10.8. The smallest absolute Gasteiger partial charge is 0.0998 e. The molecule has 0 aliphatic rings. The average molecular weight is 447 g/mol. The Hall–Kier alpha value is -5.19. The second-order valence-corrected chi connectivity index (χ2v) is 8.35. The molecule has 2 aromatic heterocycles. The second kappa shape index (κ2) is 8.30. The van der Waals surface area contributed by atoms with Crippen LogP contribution in [0.3, 0.4) is 0 Å². The van der Waals surface area contributed by atoms with Crippen LogP contribution >= 0.6 is 0 Å². The Morgan fingerprint density at radius 3 is 2.11 bits per heavy atom.